The van der Waals surface area contributed by atoms with Crippen molar-refractivity contribution in [1.82, 2.24) is 0 Å². The number of ether oxygens (including phenoxy) is 1. The fourth-order valence-electron chi connectivity index (χ4n) is 9.33. The lowest BCUT2D eigenvalue weighted by molar-refractivity contribution is -0.119. The number of amides is 1. The summed E-state index contributed by atoms with van der Waals surface area (Å²) >= 11 is 0. The number of rotatable bonds is 4. The molecule has 1 heterocycles. The second-order valence-electron chi connectivity index (χ2n) is 15.1. The minimum absolute atomic E-state index is 0.143. The molecule has 7 rings (SSSR count). The number of nitrogens with zero attached hydrogens (tertiary/aromatic N) is 1. The third kappa shape index (κ3) is 4.59. The van der Waals surface area contributed by atoms with E-state index in [-0.39, 0.29) is 27.9 Å². The van der Waals surface area contributed by atoms with Gasteiger partial charge in [-0.1, -0.05) is 64.1 Å². The van der Waals surface area contributed by atoms with E-state index in [1.54, 1.807) is 0 Å². The van der Waals surface area contributed by atoms with Gasteiger partial charge in [0.1, 0.15) is 5.75 Å². The van der Waals surface area contributed by atoms with Crippen LogP contribution in [0.4, 0.5) is 5.69 Å². The molecule has 0 bridgehead atoms. The van der Waals surface area contributed by atoms with Crippen molar-refractivity contribution in [2.75, 3.05) is 31.2 Å². The Hall–Kier alpha value is -3.83. The summed E-state index contributed by atoms with van der Waals surface area (Å²) in [5.74, 6) is -0.568. The topological polar surface area (TPSA) is 75.8 Å². The minimum Gasteiger partial charge on any atom is -0.507 e. The van der Waals surface area contributed by atoms with Gasteiger partial charge >= 0.3 is 0 Å². The predicted molar refractivity (Wildman–Crippen MR) is 179 cm³/mol. The van der Waals surface area contributed by atoms with Crippen molar-refractivity contribution < 1.29 is 14.6 Å². The van der Waals surface area contributed by atoms with Crippen LogP contribution in [0.1, 0.15) is 76.5 Å². The lowest BCUT2D eigenvalue weighted by atomic mass is 9.52. The molecule has 1 spiro atoms. The van der Waals surface area contributed by atoms with E-state index >= 15 is 0 Å². The first-order chi connectivity index (χ1) is 20.9. The molecule has 4 aromatic carbocycles. The van der Waals surface area contributed by atoms with Crippen molar-refractivity contribution >= 4 is 22.4 Å². The van der Waals surface area contributed by atoms with Crippen molar-refractivity contribution in [2.24, 2.45) is 16.6 Å². The van der Waals surface area contributed by atoms with E-state index < -0.39 is 5.92 Å². The summed E-state index contributed by atoms with van der Waals surface area (Å²) in [4.78, 5) is 15.0. The molecule has 1 atom stereocenters. The first kappa shape index (κ1) is 28.9. The second-order valence-corrected chi connectivity index (χ2v) is 15.1. The molecule has 1 saturated carbocycles. The van der Waals surface area contributed by atoms with Gasteiger partial charge in [-0.2, -0.15) is 0 Å². The molecular formula is C39H44N2O3. The zero-order valence-electron chi connectivity index (χ0n) is 26.7. The van der Waals surface area contributed by atoms with Crippen molar-refractivity contribution in [3.8, 4) is 28.0 Å². The van der Waals surface area contributed by atoms with Gasteiger partial charge in [-0.15, -0.1) is 0 Å². The van der Waals surface area contributed by atoms with Gasteiger partial charge in [-0.05, 0) is 112 Å². The number of hydrogen-bond acceptors (Lipinski definition) is 4. The zero-order valence-corrected chi connectivity index (χ0v) is 26.7. The molecule has 3 aliphatic rings. The number of primary amides is 1. The Bertz CT molecular complexity index is 1760. The van der Waals surface area contributed by atoms with Gasteiger partial charge in [-0.3, -0.25) is 4.79 Å². The van der Waals surface area contributed by atoms with Crippen LogP contribution in [0.3, 0.4) is 0 Å². The Morgan fingerprint density at radius 2 is 1.50 bits per heavy atom. The number of morpholine rings is 1. The van der Waals surface area contributed by atoms with Crippen molar-refractivity contribution in [3.63, 3.8) is 0 Å². The van der Waals surface area contributed by atoms with Gasteiger partial charge in [0.2, 0.25) is 5.91 Å². The average molecular weight is 589 g/mol. The second kappa shape index (κ2) is 10.1. The molecule has 0 aromatic heterocycles. The number of carbonyl (C=O) groups excluding carboxylic acids is 1. The van der Waals surface area contributed by atoms with E-state index in [4.69, 9.17) is 10.5 Å². The summed E-state index contributed by atoms with van der Waals surface area (Å²) in [6.45, 7) is 14.7. The van der Waals surface area contributed by atoms with E-state index in [9.17, 15) is 9.90 Å². The standard InChI is InChI=1S/C39H44N2O3/c1-24(36(40)43)28-18-31-30(19-29(28)25-10-12-26(13-11-25)41-14-16-44-17-15-41)34(42)20-33-35(31)27-8-6-7-9-32(27)39(33)22-37(2,3)21-38(4,5)23-39/h6-13,18-20,24,42H,14-17,21-23H2,1-5H3,(H2,40,43). The van der Waals surface area contributed by atoms with Crippen LogP contribution >= 0.6 is 0 Å². The normalized spacial score (nSPS) is 20.3. The summed E-state index contributed by atoms with van der Waals surface area (Å²) < 4.78 is 5.53. The largest absolute Gasteiger partial charge is 0.507 e. The van der Waals surface area contributed by atoms with E-state index in [1.165, 1.54) is 22.3 Å². The highest BCUT2D eigenvalue weighted by atomic mass is 16.5. The van der Waals surface area contributed by atoms with Crippen LogP contribution < -0.4 is 10.6 Å². The third-order valence-electron chi connectivity index (χ3n) is 10.5. The number of fused-ring (bicyclic) bond motifs is 7. The van der Waals surface area contributed by atoms with Crippen LogP contribution in [0.25, 0.3) is 33.0 Å². The minimum atomic E-state index is -0.496. The Labute approximate surface area is 261 Å². The van der Waals surface area contributed by atoms with Gasteiger partial charge < -0.3 is 20.5 Å². The van der Waals surface area contributed by atoms with Crippen LogP contribution in [-0.2, 0) is 14.9 Å². The Morgan fingerprint density at radius 3 is 2.16 bits per heavy atom. The van der Waals surface area contributed by atoms with Gasteiger partial charge in [0, 0.05) is 29.6 Å². The number of benzene rings is 4. The molecule has 1 amide bonds. The van der Waals surface area contributed by atoms with Crippen LogP contribution in [0.5, 0.6) is 5.75 Å². The van der Waals surface area contributed by atoms with E-state index in [1.807, 2.05) is 6.92 Å². The third-order valence-corrected chi connectivity index (χ3v) is 10.5. The molecule has 4 aromatic rings. The zero-order chi connectivity index (χ0) is 31.0. The van der Waals surface area contributed by atoms with E-state index in [2.05, 4.69) is 99.3 Å². The molecule has 2 aliphatic carbocycles. The lowest BCUT2D eigenvalue weighted by Crippen LogP contribution is -2.43. The predicted octanol–water partition coefficient (Wildman–Crippen LogP) is 8.14. The first-order valence-corrected chi connectivity index (χ1v) is 16.1. The number of phenols is 1. The van der Waals surface area contributed by atoms with Crippen LogP contribution in [-0.4, -0.2) is 37.3 Å². The molecule has 5 heteroatoms. The fourth-order valence-corrected chi connectivity index (χ4v) is 9.33. The van der Waals surface area contributed by atoms with Gasteiger partial charge in [0.05, 0.1) is 19.1 Å². The highest BCUT2D eigenvalue weighted by Crippen LogP contribution is 2.65. The van der Waals surface area contributed by atoms with Crippen molar-refractivity contribution in [1.29, 1.82) is 0 Å². The van der Waals surface area contributed by atoms with Gasteiger partial charge in [0.15, 0.2) is 0 Å². The maximum Gasteiger partial charge on any atom is 0.224 e. The number of anilines is 1. The lowest BCUT2D eigenvalue weighted by Gasteiger charge is -2.51. The number of hydrogen-bond donors (Lipinski definition) is 2. The van der Waals surface area contributed by atoms with Crippen LogP contribution in [0.15, 0.2) is 66.7 Å². The Kier molecular flexibility index (Phi) is 6.64. The van der Waals surface area contributed by atoms with Gasteiger partial charge in [0.25, 0.3) is 0 Å². The van der Waals surface area contributed by atoms with E-state index in [0.29, 0.717) is 0 Å². The molecule has 0 radical (unpaired) electrons. The summed E-state index contributed by atoms with van der Waals surface area (Å²) in [6, 6.07) is 23.6. The summed E-state index contributed by atoms with van der Waals surface area (Å²) in [5.41, 5.74) is 15.0. The van der Waals surface area contributed by atoms with Crippen molar-refractivity contribution in [2.45, 2.75) is 65.2 Å². The SMILES string of the molecule is CC(C(N)=O)c1cc2c3c(cc(O)c2cc1-c1ccc(N2CCOCC2)cc1)C1(CC(C)(C)CC(C)(C)C1)c1ccccc1-3. The molecule has 2 fully saturated rings. The molecule has 44 heavy (non-hydrogen) atoms. The van der Waals surface area contributed by atoms with Crippen LogP contribution in [0, 0.1) is 10.8 Å². The molecule has 228 valence electrons. The average Bonchev–Trinajstić information content (AvgIpc) is 3.23. The maximum absolute atomic E-state index is 12.7. The molecular weight excluding hydrogens is 544 g/mol. The number of aromatic hydroxyl groups is 1. The van der Waals surface area contributed by atoms with Crippen molar-refractivity contribution in [3.05, 3.63) is 83.4 Å². The quantitative estimate of drug-likeness (QED) is 0.252. The highest BCUT2D eigenvalue weighted by molar-refractivity contribution is 6.07. The summed E-state index contributed by atoms with van der Waals surface area (Å²) in [7, 11) is 0. The smallest absolute Gasteiger partial charge is 0.224 e. The Morgan fingerprint density at radius 1 is 0.841 bits per heavy atom. The number of nitrogens with two attached hydrogens (primary N) is 1. The van der Waals surface area contributed by atoms with Crippen LogP contribution in [0.2, 0.25) is 0 Å². The summed E-state index contributed by atoms with van der Waals surface area (Å²) in [5, 5.41) is 13.6. The molecule has 3 N–H and O–H groups in total. The molecule has 1 unspecified atom stereocenters. The number of carbonyl (C=O) groups is 1. The molecule has 5 nitrogen and oxygen atoms in total. The fraction of sp³-hybridized carbons (Fsp3) is 0.410. The molecule has 1 saturated heterocycles. The highest BCUT2D eigenvalue weighted by Gasteiger charge is 2.53. The first-order valence-electron chi connectivity index (χ1n) is 16.1. The monoisotopic (exact) mass is 588 g/mol. The Balaban J connectivity index is 1.46. The molecule has 1 aliphatic heterocycles. The van der Waals surface area contributed by atoms with E-state index in [0.717, 1.165) is 78.7 Å². The maximum atomic E-state index is 12.7. The number of phenolic OH excluding ortho intramolecular Hbond substituents is 1. The van der Waals surface area contributed by atoms with Gasteiger partial charge in [-0.25, -0.2) is 0 Å². The summed E-state index contributed by atoms with van der Waals surface area (Å²) in [6.07, 6.45) is 3.21.